The van der Waals surface area contributed by atoms with Crippen molar-refractivity contribution in [2.24, 2.45) is 5.92 Å². The molecule has 0 fully saturated rings. The number of hydrogen-bond donors (Lipinski definition) is 1. The van der Waals surface area contributed by atoms with Crippen LogP contribution >= 0.6 is 0 Å². The zero-order chi connectivity index (χ0) is 12.3. The Morgan fingerprint density at radius 1 is 1.35 bits per heavy atom. The minimum Gasteiger partial charge on any atom is -0.393 e. The molecule has 1 N–H and O–H groups in total. The van der Waals surface area contributed by atoms with Crippen LogP contribution in [0.4, 0.5) is 0 Å². The van der Waals surface area contributed by atoms with Crippen LogP contribution in [0.3, 0.4) is 0 Å². The van der Waals surface area contributed by atoms with Gasteiger partial charge in [0.25, 0.3) is 0 Å². The summed E-state index contributed by atoms with van der Waals surface area (Å²) in [6, 6.07) is 8.84. The first-order valence-electron chi connectivity index (χ1n) is 6.98. The first-order chi connectivity index (χ1) is 8.22. The van der Waals surface area contributed by atoms with Crippen LogP contribution in [-0.4, -0.2) is 11.2 Å². The molecular weight excluding hydrogens is 208 g/mol. The number of fused-ring (bicyclic) bond motifs is 1. The number of rotatable bonds is 4. The number of hydrogen-bond acceptors (Lipinski definition) is 1. The molecule has 0 heterocycles. The quantitative estimate of drug-likeness (QED) is 0.834. The molecular formula is C16H24O. The van der Waals surface area contributed by atoms with E-state index in [2.05, 4.69) is 38.1 Å². The molecule has 3 unspecified atom stereocenters. The van der Waals surface area contributed by atoms with E-state index in [1.807, 2.05) is 0 Å². The Kier molecular flexibility index (Phi) is 4.22. The van der Waals surface area contributed by atoms with Gasteiger partial charge in [0.1, 0.15) is 0 Å². The van der Waals surface area contributed by atoms with Crippen LogP contribution in [0, 0.1) is 5.92 Å². The summed E-state index contributed by atoms with van der Waals surface area (Å²) in [5, 5.41) is 9.91. The maximum absolute atomic E-state index is 9.91. The second kappa shape index (κ2) is 5.68. The predicted molar refractivity (Wildman–Crippen MR) is 72.2 cm³/mol. The molecule has 1 nitrogen and oxygen atoms in total. The lowest BCUT2D eigenvalue weighted by Gasteiger charge is -2.29. The highest BCUT2D eigenvalue weighted by Crippen LogP contribution is 2.36. The number of aryl methyl sites for hydroxylation is 1. The summed E-state index contributed by atoms with van der Waals surface area (Å²) in [5.41, 5.74) is 3.07. The fraction of sp³-hybridized carbons (Fsp3) is 0.625. The highest BCUT2D eigenvalue weighted by Gasteiger charge is 2.23. The zero-order valence-electron chi connectivity index (χ0n) is 11.0. The van der Waals surface area contributed by atoms with Crippen LogP contribution in [0.15, 0.2) is 24.3 Å². The van der Waals surface area contributed by atoms with E-state index >= 15 is 0 Å². The zero-order valence-corrected chi connectivity index (χ0v) is 11.0. The third-order valence-electron chi connectivity index (χ3n) is 4.23. The van der Waals surface area contributed by atoms with Gasteiger partial charge in [-0.05, 0) is 55.1 Å². The summed E-state index contributed by atoms with van der Waals surface area (Å²) in [7, 11) is 0. The fourth-order valence-corrected chi connectivity index (χ4v) is 3.11. The topological polar surface area (TPSA) is 20.2 Å². The molecule has 94 valence electrons. The van der Waals surface area contributed by atoms with E-state index in [0.717, 1.165) is 12.8 Å². The van der Waals surface area contributed by atoms with Crippen molar-refractivity contribution in [3.8, 4) is 0 Å². The van der Waals surface area contributed by atoms with E-state index in [1.54, 1.807) is 0 Å². The summed E-state index contributed by atoms with van der Waals surface area (Å²) < 4.78 is 0. The Balaban J connectivity index is 2.08. The highest BCUT2D eigenvalue weighted by molar-refractivity contribution is 5.32. The minimum absolute atomic E-state index is 0.135. The molecule has 17 heavy (non-hydrogen) atoms. The van der Waals surface area contributed by atoms with Gasteiger partial charge in [-0.3, -0.25) is 0 Å². The standard InChI is InChI=1S/C16H24O/c1-3-16(17)12(2)11-14-9-6-8-13-7-4-5-10-15(13)14/h4-5,7,10,12,14,16-17H,3,6,8-9,11H2,1-2H3. The lowest BCUT2D eigenvalue weighted by atomic mass is 9.77. The second-order valence-corrected chi connectivity index (χ2v) is 5.48. The van der Waals surface area contributed by atoms with Gasteiger partial charge in [-0.2, -0.15) is 0 Å². The molecule has 2 rings (SSSR count). The van der Waals surface area contributed by atoms with Crippen molar-refractivity contribution in [1.29, 1.82) is 0 Å². The van der Waals surface area contributed by atoms with Crippen molar-refractivity contribution in [3.05, 3.63) is 35.4 Å². The fourth-order valence-electron chi connectivity index (χ4n) is 3.11. The number of benzene rings is 1. The number of aliphatic hydroxyl groups is 1. The number of aliphatic hydroxyl groups excluding tert-OH is 1. The van der Waals surface area contributed by atoms with Crippen molar-refractivity contribution in [2.75, 3.05) is 0 Å². The van der Waals surface area contributed by atoms with Crippen molar-refractivity contribution < 1.29 is 5.11 Å². The van der Waals surface area contributed by atoms with Crippen LogP contribution in [0.2, 0.25) is 0 Å². The summed E-state index contributed by atoms with van der Waals surface area (Å²) in [6.07, 6.45) is 5.69. The first kappa shape index (κ1) is 12.6. The largest absolute Gasteiger partial charge is 0.393 e. The van der Waals surface area contributed by atoms with E-state index in [4.69, 9.17) is 0 Å². The minimum atomic E-state index is -0.135. The van der Waals surface area contributed by atoms with E-state index < -0.39 is 0 Å². The van der Waals surface area contributed by atoms with E-state index in [9.17, 15) is 5.11 Å². The van der Waals surface area contributed by atoms with E-state index in [0.29, 0.717) is 11.8 Å². The van der Waals surface area contributed by atoms with Gasteiger partial charge in [-0.25, -0.2) is 0 Å². The summed E-state index contributed by atoms with van der Waals surface area (Å²) in [4.78, 5) is 0. The average Bonchev–Trinajstić information content (AvgIpc) is 2.38. The Morgan fingerprint density at radius 3 is 2.88 bits per heavy atom. The maximum atomic E-state index is 9.91. The van der Waals surface area contributed by atoms with E-state index in [1.165, 1.54) is 30.4 Å². The van der Waals surface area contributed by atoms with Gasteiger partial charge < -0.3 is 5.11 Å². The van der Waals surface area contributed by atoms with E-state index in [-0.39, 0.29) is 6.10 Å². The van der Waals surface area contributed by atoms with Gasteiger partial charge in [0.2, 0.25) is 0 Å². The molecule has 1 aliphatic rings. The van der Waals surface area contributed by atoms with Crippen molar-refractivity contribution in [3.63, 3.8) is 0 Å². The van der Waals surface area contributed by atoms with Crippen LogP contribution in [-0.2, 0) is 6.42 Å². The second-order valence-electron chi connectivity index (χ2n) is 5.48. The molecule has 0 bridgehead atoms. The Morgan fingerprint density at radius 2 is 2.12 bits per heavy atom. The van der Waals surface area contributed by atoms with Crippen LogP contribution in [0.25, 0.3) is 0 Å². The molecule has 0 aliphatic heterocycles. The van der Waals surface area contributed by atoms with Crippen molar-refractivity contribution in [1.82, 2.24) is 0 Å². The molecule has 0 saturated heterocycles. The van der Waals surface area contributed by atoms with Crippen LogP contribution in [0.5, 0.6) is 0 Å². The predicted octanol–water partition coefficient (Wildman–Crippen LogP) is 3.90. The van der Waals surface area contributed by atoms with Crippen LogP contribution in [0.1, 0.15) is 56.6 Å². The average molecular weight is 232 g/mol. The lowest BCUT2D eigenvalue weighted by Crippen LogP contribution is -2.21. The van der Waals surface area contributed by atoms with Gasteiger partial charge in [-0.15, -0.1) is 0 Å². The van der Waals surface area contributed by atoms with Gasteiger partial charge >= 0.3 is 0 Å². The SMILES string of the molecule is CCC(O)C(C)CC1CCCc2ccccc21. The van der Waals surface area contributed by atoms with Crippen molar-refractivity contribution >= 4 is 0 Å². The van der Waals surface area contributed by atoms with Crippen LogP contribution < -0.4 is 0 Å². The molecule has 1 aromatic rings. The molecule has 1 aromatic carbocycles. The molecule has 0 amide bonds. The molecule has 0 saturated carbocycles. The molecule has 3 atom stereocenters. The molecule has 0 radical (unpaired) electrons. The van der Waals surface area contributed by atoms with Gasteiger partial charge in [-0.1, -0.05) is 38.1 Å². The van der Waals surface area contributed by atoms with Gasteiger partial charge in [0, 0.05) is 0 Å². The first-order valence-corrected chi connectivity index (χ1v) is 6.98. The summed E-state index contributed by atoms with van der Waals surface area (Å²) in [6.45, 7) is 4.25. The summed E-state index contributed by atoms with van der Waals surface area (Å²) >= 11 is 0. The molecule has 0 aromatic heterocycles. The molecule has 1 heteroatoms. The maximum Gasteiger partial charge on any atom is 0.0563 e. The third-order valence-corrected chi connectivity index (χ3v) is 4.23. The monoisotopic (exact) mass is 232 g/mol. The highest BCUT2D eigenvalue weighted by atomic mass is 16.3. The Bertz CT molecular complexity index is 358. The lowest BCUT2D eigenvalue weighted by molar-refractivity contribution is 0.102. The van der Waals surface area contributed by atoms with Crippen molar-refractivity contribution in [2.45, 2.75) is 58.0 Å². The normalized spacial score (nSPS) is 22.9. The Hall–Kier alpha value is -0.820. The Labute approximate surface area is 105 Å². The summed E-state index contributed by atoms with van der Waals surface area (Å²) in [5.74, 6) is 1.08. The van der Waals surface area contributed by atoms with Gasteiger partial charge in [0.15, 0.2) is 0 Å². The third kappa shape index (κ3) is 2.90. The molecule has 0 spiro atoms. The van der Waals surface area contributed by atoms with Gasteiger partial charge in [0.05, 0.1) is 6.10 Å². The smallest absolute Gasteiger partial charge is 0.0563 e. The molecule has 1 aliphatic carbocycles.